The molecule has 2 aliphatic rings. The predicted octanol–water partition coefficient (Wildman–Crippen LogP) is 3.47. The maximum absolute atomic E-state index is 12.8. The van der Waals surface area contributed by atoms with E-state index in [1.54, 1.807) is 0 Å². The van der Waals surface area contributed by atoms with E-state index in [1.165, 1.54) is 36.1 Å². The second-order valence-corrected chi connectivity index (χ2v) is 11.5. The van der Waals surface area contributed by atoms with Crippen LogP contribution in [0.5, 0.6) is 0 Å². The van der Waals surface area contributed by atoms with Gasteiger partial charge in [0.15, 0.2) is 9.84 Å². The zero-order valence-corrected chi connectivity index (χ0v) is 18.9. The molecule has 1 aliphatic heterocycles. The minimum Gasteiger partial charge on any atom is -0.369 e. The molecule has 2 aromatic heterocycles. The monoisotopic (exact) mass is 448 g/mol. The number of aromatic nitrogens is 2. The number of aryl methyl sites for hydroxylation is 1. The van der Waals surface area contributed by atoms with Crippen molar-refractivity contribution in [3.8, 4) is 0 Å². The van der Waals surface area contributed by atoms with Gasteiger partial charge in [-0.2, -0.15) is 0 Å². The summed E-state index contributed by atoms with van der Waals surface area (Å²) in [6, 6.07) is 0. The highest BCUT2D eigenvalue weighted by molar-refractivity contribution is 7.91. The number of thiophene rings is 1. The smallest absolute Gasteiger partial charge is 0.261 e. The van der Waals surface area contributed by atoms with E-state index >= 15 is 0 Å². The van der Waals surface area contributed by atoms with Crippen LogP contribution in [0.2, 0.25) is 0 Å². The Bertz CT molecular complexity index is 1080. The van der Waals surface area contributed by atoms with Gasteiger partial charge >= 0.3 is 0 Å². The van der Waals surface area contributed by atoms with E-state index in [2.05, 4.69) is 26.7 Å². The van der Waals surface area contributed by atoms with Gasteiger partial charge in [0.1, 0.15) is 17.0 Å². The molecule has 30 heavy (non-hydrogen) atoms. The lowest BCUT2D eigenvalue weighted by atomic mass is 9.97. The van der Waals surface area contributed by atoms with Gasteiger partial charge in [0.25, 0.3) is 5.91 Å². The van der Waals surface area contributed by atoms with Gasteiger partial charge in [-0.15, -0.1) is 11.3 Å². The molecule has 1 saturated heterocycles. The van der Waals surface area contributed by atoms with Crippen LogP contribution in [0, 0.1) is 12.8 Å². The summed E-state index contributed by atoms with van der Waals surface area (Å²) < 4.78 is 23.4. The maximum atomic E-state index is 12.8. The lowest BCUT2D eigenvalue weighted by Gasteiger charge is -2.13. The molecule has 1 atom stereocenters. The van der Waals surface area contributed by atoms with Crippen LogP contribution in [-0.4, -0.2) is 48.9 Å². The van der Waals surface area contributed by atoms with Crippen molar-refractivity contribution >= 4 is 43.1 Å². The molecule has 0 spiro atoms. The molecule has 3 heterocycles. The second-order valence-electron chi connectivity index (χ2n) is 8.22. The number of hydrogen-bond acceptors (Lipinski definition) is 7. The van der Waals surface area contributed by atoms with Crippen molar-refractivity contribution in [3.05, 3.63) is 28.4 Å². The molecular formula is C21H28N4O3S2. The molecule has 1 fully saturated rings. The molecule has 9 heteroatoms. The predicted molar refractivity (Wildman–Crippen MR) is 121 cm³/mol. The van der Waals surface area contributed by atoms with Gasteiger partial charge in [-0.3, -0.25) is 4.79 Å². The van der Waals surface area contributed by atoms with Crippen LogP contribution in [0.1, 0.15) is 53.8 Å². The summed E-state index contributed by atoms with van der Waals surface area (Å²) >= 11 is 1.38. The van der Waals surface area contributed by atoms with Gasteiger partial charge in [-0.25, -0.2) is 18.4 Å². The van der Waals surface area contributed by atoms with Crippen molar-refractivity contribution in [1.82, 2.24) is 15.3 Å². The van der Waals surface area contributed by atoms with Gasteiger partial charge in [0.2, 0.25) is 0 Å². The Kier molecular flexibility index (Phi) is 6.38. The Morgan fingerprint density at radius 3 is 2.90 bits per heavy atom. The first-order valence-corrected chi connectivity index (χ1v) is 13.2. The van der Waals surface area contributed by atoms with Crippen molar-refractivity contribution in [3.63, 3.8) is 0 Å². The molecule has 162 valence electrons. The third-order valence-corrected chi connectivity index (χ3v) is 8.97. The molecular weight excluding hydrogens is 420 g/mol. The van der Waals surface area contributed by atoms with E-state index in [0.29, 0.717) is 30.2 Å². The summed E-state index contributed by atoms with van der Waals surface area (Å²) in [7, 11) is -2.90. The van der Waals surface area contributed by atoms with Gasteiger partial charge in [-0.1, -0.05) is 11.6 Å². The number of sulfone groups is 1. The number of nitrogens with one attached hydrogen (secondary N) is 2. The number of hydrogen-bond donors (Lipinski definition) is 2. The molecule has 1 amide bonds. The van der Waals surface area contributed by atoms with E-state index in [-0.39, 0.29) is 23.3 Å². The Balaban J connectivity index is 1.43. The van der Waals surface area contributed by atoms with Crippen LogP contribution in [0.4, 0.5) is 5.82 Å². The molecule has 0 radical (unpaired) electrons. The fourth-order valence-corrected chi connectivity index (χ4v) is 7.17. The minimum atomic E-state index is -2.90. The quantitative estimate of drug-likeness (QED) is 0.629. The van der Waals surface area contributed by atoms with E-state index in [1.807, 2.05) is 6.92 Å². The van der Waals surface area contributed by atoms with Crippen LogP contribution >= 0.6 is 11.3 Å². The second kappa shape index (κ2) is 9.01. The number of carbonyl (C=O) groups excluding carboxylic acids is 1. The fraction of sp³-hybridized carbons (Fsp3) is 0.571. The van der Waals surface area contributed by atoms with Crippen LogP contribution in [-0.2, 0) is 9.84 Å². The van der Waals surface area contributed by atoms with Crippen molar-refractivity contribution in [1.29, 1.82) is 0 Å². The topological polar surface area (TPSA) is 101 Å². The Hall–Kier alpha value is -2.00. The van der Waals surface area contributed by atoms with Crippen molar-refractivity contribution in [2.24, 2.45) is 5.92 Å². The Morgan fingerprint density at radius 1 is 1.30 bits per heavy atom. The molecule has 0 aromatic carbocycles. The molecule has 0 bridgehead atoms. The van der Waals surface area contributed by atoms with Gasteiger partial charge in [0, 0.05) is 13.1 Å². The summed E-state index contributed by atoms with van der Waals surface area (Å²) in [6.45, 7) is 3.12. The van der Waals surface area contributed by atoms with Crippen LogP contribution < -0.4 is 10.6 Å². The zero-order chi connectivity index (χ0) is 21.1. The SMILES string of the molecule is Cc1c(C(=O)NCCC2=CCCCC2)sc2ncnc(NC[C@@H]3CCS(=O)(=O)C3)c12. The summed E-state index contributed by atoms with van der Waals surface area (Å²) in [5.41, 5.74) is 2.31. The summed E-state index contributed by atoms with van der Waals surface area (Å²) in [5.74, 6) is 1.18. The first-order valence-electron chi connectivity index (χ1n) is 10.6. The highest BCUT2D eigenvalue weighted by Crippen LogP contribution is 2.33. The lowest BCUT2D eigenvalue weighted by Crippen LogP contribution is -2.24. The average molecular weight is 449 g/mol. The first-order chi connectivity index (χ1) is 14.4. The third kappa shape index (κ3) is 4.83. The summed E-state index contributed by atoms with van der Waals surface area (Å²) in [4.78, 5) is 22.9. The number of allylic oxidation sites excluding steroid dienone is 1. The minimum absolute atomic E-state index is 0.0697. The van der Waals surface area contributed by atoms with Gasteiger partial charge < -0.3 is 10.6 Å². The molecule has 0 unspecified atom stereocenters. The molecule has 2 N–H and O–H groups in total. The normalized spacial score (nSPS) is 20.8. The highest BCUT2D eigenvalue weighted by atomic mass is 32.2. The number of amides is 1. The number of nitrogens with zero attached hydrogens (tertiary/aromatic N) is 2. The molecule has 0 saturated carbocycles. The van der Waals surface area contributed by atoms with Crippen LogP contribution in [0.25, 0.3) is 10.2 Å². The number of rotatable bonds is 7. The van der Waals surface area contributed by atoms with Crippen molar-refractivity contribution in [2.45, 2.75) is 45.4 Å². The Morgan fingerprint density at radius 2 is 2.17 bits per heavy atom. The number of anilines is 1. The van der Waals surface area contributed by atoms with Crippen molar-refractivity contribution < 1.29 is 13.2 Å². The lowest BCUT2D eigenvalue weighted by molar-refractivity contribution is 0.0957. The molecule has 7 nitrogen and oxygen atoms in total. The maximum Gasteiger partial charge on any atom is 0.261 e. The number of carbonyl (C=O) groups is 1. The standard InChI is InChI=1S/C21H28N4O3S2/c1-14-17-19(23-11-16-8-10-30(27,28)12-16)24-13-25-21(17)29-18(14)20(26)22-9-7-15-5-3-2-4-6-15/h5,13,16H,2-4,6-12H2,1H3,(H,22,26)(H,23,24,25)/t16-/m0/s1. The largest absolute Gasteiger partial charge is 0.369 e. The average Bonchev–Trinajstić information content (AvgIpc) is 3.26. The number of fused-ring (bicyclic) bond motifs is 1. The van der Waals surface area contributed by atoms with E-state index in [9.17, 15) is 13.2 Å². The summed E-state index contributed by atoms with van der Waals surface area (Å²) in [6.07, 6.45) is 10.2. The summed E-state index contributed by atoms with van der Waals surface area (Å²) in [5, 5.41) is 7.20. The third-order valence-electron chi connectivity index (χ3n) is 5.93. The highest BCUT2D eigenvalue weighted by Gasteiger charge is 2.28. The zero-order valence-electron chi connectivity index (χ0n) is 17.2. The van der Waals surface area contributed by atoms with Gasteiger partial charge in [0.05, 0.1) is 21.8 Å². The molecule has 2 aromatic rings. The first kappa shape index (κ1) is 21.2. The molecule has 4 rings (SSSR count). The Labute approximate surface area is 181 Å². The van der Waals surface area contributed by atoms with E-state index < -0.39 is 9.84 Å². The van der Waals surface area contributed by atoms with E-state index in [4.69, 9.17) is 0 Å². The van der Waals surface area contributed by atoms with Crippen molar-refractivity contribution in [2.75, 3.05) is 29.9 Å². The van der Waals surface area contributed by atoms with Crippen LogP contribution in [0.3, 0.4) is 0 Å². The van der Waals surface area contributed by atoms with Gasteiger partial charge in [-0.05, 0) is 56.9 Å². The van der Waals surface area contributed by atoms with E-state index in [0.717, 1.165) is 35.0 Å². The fourth-order valence-electron chi connectivity index (χ4n) is 4.24. The van der Waals surface area contributed by atoms with Crippen LogP contribution in [0.15, 0.2) is 18.0 Å². The molecule has 1 aliphatic carbocycles.